The fourth-order valence-corrected chi connectivity index (χ4v) is 11.1. The minimum absolute atomic E-state index is 0.0320. The molecule has 0 radical (unpaired) electrons. The van der Waals surface area contributed by atoms with Gasteiger partial charge < -0.3 is 27.9 Å². The Morgan fingerprint density at radius 2 is 0.663 bits per heavy atom. The van der Waals surface area contributed by atoms with Crippen LogP contribution in [0.4, 0.5) is 0 Å². The predicted molar refractivity (Wildman–Crippen MR) is 369 cm³/mol. The molecule has 0 N–H and O–H groups in total. The molecule has 9 nitrogen and oxygen atoms in total. The van der Waals surface area contributed by atoms with Gasteiger partial charge in [0.25, 0.3) is 7.82 Å². The molecule has 0 aliphatic carbocycles. The second kappa shape index (κ2) is 66.6. The summed E-state index contributed by atoms with van der Waals surface area (Å²) >= 11 is 0. The standard InChI is InChI=1S/C76H138NO8P/c1-6-8-10-12-14-16-18-20-22-24-26-28-30-32-33-34-35-36-37-38-39-40-41-42-43-45-47-49-51-53-55-57-59-61-63-65-67-69-76(79)85-74(73-84-86(80,81)83-71-70-77(3,4)5)72-82-75(78)68-66-64-62-60-58-56-54-52-50-48-46-44-31-29-27-25-23-21-19-17-15-13-11-9-7-2/h8,10,14,16,19-22,25-28,31,44,74H,6-7,9,11-13,15,17-18,23-24,29-30,32-43,45-73H2,1-5H3/b10-8-,16-14-,21-19-,22-20-,27-25-,28-26-,44-31-. The molecule has 0 aliphatic rings. The first-order valence-corrected chi connectivity index (χ1v) is 37.8. The van der Waals surface area contributed by atoms with E-state index in [1.165, 1.54) is 225 Å². The Morgan fingerprint density at radius 1 is 0.372 bits per heavy atom. The van der Waals surface area contributed by atoms with Crippen molar-refractivity contribution in [3.63, 3.8) is 0 Å². The predicted octanol–water partition coefficient (Wildman–Crippen LogP) is 23.1. The van der Waals surface area contributed by atoms with Gasteiger partial charge in [-0.2, -0.15) is 0 Å². The fraction of sp³-hybridized carbons (Fsp3) is 0.789. The molecule has 0 aromatic heterocycles. The van der Waals surface area contributed by atoms with E-state index in [2.05, 4.69) is 98.9 Å². The third kappa shape index (κ3) is 70.3. The van der Waals surface area contributed by atoms with Crippen molar-refractivity contribution in [3.8, 4) is 0 Å². The molecule has 0 rings (SSSR count). The third-order valence-corrected chi connectivity index (χ3v) is 16.9. The maximum atomic E-state index is 12.9. The van der Waals surface area contributed by atoms with Crippen LogP contribution < -0.4 is 4.89 Å². The van der Waals surface area contributed by atoms with Gasteiger partial charge in [-0.25, -0.2) is 0 Å². The van der Waals surface area contributed by atoms with E-state index in [1.807, 2.05) is 21.1 Å². The largest absolute Gasteiger partial charge is 0.756 e. The maximum absolute atomic E-state index is 12.9. The van der Waals surface area contributed by atoms with E-state index >= 15 is 0 Å². The van der Waals surface area contributed by atoms with Crippen molar-refractivity contribution in [1.82, 2.24) is 0 Å². The van der Waals surface area contributed by atoms with Crippen LogP contribution in [-0.2, 0) is 32.7 Å². The Kier molecular flexibility index (Phi) is 64.4. The number of allylic oxidation sites excluding steroid dienone is 14. The summed E-state index contributed by atoms with van der Waals surface area (Å²) in [4.78, 5) is 38.1. The molecule has 2 atom stereocenters. The minimum atomic E-state index is -4.64. The van der Waals surface area contributed by atoms with Gasteiger partial charge in [0.05, 0.1) is 27.7 Å². The van der Waals surface area contributed by atoms with Crippen molar-refractivity contribution >= 4 is 19.8 Å². The van der Waals surface area contributed by atoms with Crippen LogP contribution in [0.2, 0.25) is 0 Å². The lowest BCUT2D eigenvalue weighted by Gasteiger charge is -2.28. The highest BCUT2D eigenvalue weighted by Crippen LogP contribution is 2.38. The molecular weight excluding hydrogens is 1090 g/mol. The topological polar surface area (TPSA) is 111 Å². The molecule has 0 heterocycles. The van der Waals surface area contributed by atoms with Crippen LogP contribution in [0.5, 0.6) is 0 Å². The molecular formula is C76H138NO8P. The van der Waals surface area contributed by atoms with Gasteiger partial charge in [0.1, 0.15) is 19.8 Å². The lowest BCUT2D eigenvalue weighted by atomic mass is 10.0. The Balaban J connectivity index is 3.98. The van der Waals surface area contributed by atoms with Gasteiger partial charge in [0, 0.05) is 12.8 Å². The molecule has 0 bridgehead atoms. The number of rotatable bonds is 67. The molecule has 0 saturated carbocycles. The van der Waals surface area contributed by atoms with Gasteiger partial charge in [-0.15, -0.1) is 0 Å². The van der Waals surface area contributed by atoms with E-state index < -0.39 is 26.5 Å². The van der Waals surface area contributed by atoms with Gasteiger partial charge in [-0.3, -0.25) is 14.2 Å². The first-order chi connectivity index (χ1) is 42.0. The lowest BCUT2D eigenvalue weighted by molar-refractivity contribution is -0.870. The normalized spacial score (nSPS) is 13.6. The number of carbonyl (C=O) groups is 2. The Labute approximate surface area is 532 Å². The number of esters is 2. The summed E-state index contributed by atoms with van der Waals surface area (Å²) in [7, 11) is 1.17. The van der Waals surface area contributed by atoms with Crippen LogP contribution in [0.3, 0.4) is 0 Å². The molecule has 0 saturated heterocycles. The van der Waals surface area contributed by atoms with Crippen molar-refractivity contribution in [2.24, 2.45) is 0 Å². The van der Waals surface area contributed by atoms with Crippen LogP contribution in [0.25, 0.3) is 0 Å². The number of quaternary nitrogens is 1. The zero-order valence-electron chi connectivity index (χ0n) is 57.0. The molecule has 10 heteroatoms. The molecule has 0 spiro atoms. The van der Waals surface area contributed by atoms with Crippen LogP contribution in [0.15, 0.2) is 85.1 Å². The summed E-state index contributed by atoms with van der Waals surface area (Å²) in [6.45, 7) is 4.15. The number of phosphoric acid groups is 1. The van der Waals surface area contributed by atoms with Crippen molar-refractivity contribution in [2.45, 2.75) is 341 Å². The Bertz CT molecular complexity index is 1730. The molecule has 2 unspecified atom stereocenters. The first kappa shape index (κ1) is 83.2. The molecule has 0 aliphatic heterocycles. The third-order valence-electron chi connectivity index (χ3n) is 15.9. The minimum Gasteiger partial charge on any atom is -0.756 e. The molecule has 86 heavy (non-hydrogen) atoms. The van der Waals surface area contributed by atoms with Crippen molar-refractivity contribution in [3.05, 3.63) is 85.1 Å². The molecule has 500 valence electrons. The average Bonchev–Trinajstić information content (AvgIpc) is 3.67. The number of hydrogen-bond donors (Lipinski definition) is 0. The van der Waals surface area contributed by atoms with Crippen LogP contribution in [0.1, 0.15) is 335 Å². The summed E-state index contributed by atoms with van der Waals surface area (Å²) in [6.07, 6.45) is 91.0. The van der Waals surface area contributed by atoms with Gasteiger partial charge in [0.15, 0.2) is 6.10 Å². The zero-order chi connectivity index (χ0) is 62.6. The number of carbonyl (C=O) groups excluding carboxylic acids is 2. The van der Waals surface area contributed by atoms with E-state index in [-0.39, 0.29) is 32.0 Å². The van der Waals surface area contributed by atoms with E-state index in [1.54, 1.807) is 0 Å². The van der Waals surface area contributed by atoms with E-state index in [4.69, 9.17) is 18.5 Å². The zero-order valence-corrected chi connectivity index (χ0v) is 57.9. The van der Waals surface area contributed by atoms with Gasteiger partial charge >= 0.3 is 11.9 Å². The highest BCUT2D eigenvalue weighted by molar-refractivity contribution is 7.45. The van der Waals surface area contributed by atoms with E-state index in [0.29, 0.717) is 17.4 Å². The van der Waals surface area contributed by atoms with Crippen LogP contribution in [0, 0.1) is 0 Å². The molecule has 0 amide bonds. The summed E-state index contributed by atoms with van der Waals surface area (Å²) in [5.74, 6) is -0.825. The lowest BCUT2D eigenvalue weighted by Crippen LogP contribution is -2.37. The van der Waals surface area contributed by atoms with Crippen LogP contribution >= 0.6 is 7.82 Å². The quantitative estimate of drug-likeness (QED) is 0.0195. The smallest absolute Gasteiger partial charge is 0.306 e. The number of phosphoric ester groups is 1. The Morgan fingerprint density at radius 3 is 0.988 bits per heavy atom. The summed E-state index contributed by atoms with van der Waals surface area (Å²) in [6, 6.07) is 0. The second-order valence-electron chi connectivity index (χ2n) is 25.6. The number of ether oxygens (including phenoxy) is 2. The van der Waals surface area contributed by atoms with Gasteiger partial charge in [0.2, 0.25) is 0 Å². The highest BCUT2D eigenvalue weighted by atomic mass is 31.2. The number of unbranched alkanes of at least 4 members (excludes halogenated alkanes) is 39. The molecule has 0 fully saturated rings. The summed E-state index contributed by atoms with van der Waals surface area (Å²) in [5.41, 5.74) is 0. The van der Waals surface area contributed by atoms with Crippen molar-refractivity contribution in [1.29, 1.82) is 0 Å². The SMILES string of the molecule is CC/C=C\C/C=C\C/C=C\C/C=C\CCCCCCCCCCCCCCCCCCCCCCCCCCC(=O)OC(COC(=O)CCCCCCCCCCCC/C=C\C/C=C\C/C=C\CCCCCCC)COP(=O)([O-])OCC[N+](C)(C)C. The van der Waals surface area contributed by atoms with Crippen molar-refractivity contribution in [2.75, 3.05) is 47.5 Å². The average molecular weight is 1220 g/mol. The molecule has 0 aromatic carbocycles. The first-order valence-electron chi connectivity index (χ1n) is 36.3. The second-order valence-corrected chi connectivity index (χ2v) is 27.0. The number of likely N-dealkylation sites (N-methyl/N-ethyl adjacent to an activating group) is 1. The number of hydrogen-bond acceptors (Lipinski definition) is 8. The summed E-state index contributed by atoms with van der Waals surface area (Å²) in [5, 5.41) is 0. The molecule has 0 aromatic rings. The summed E-state index contributed by atoms with van der Waals surface area (Å²) < 4.78 is 34.3. The number of nitrogens with zero attached hydrogens (tertiary/aromatic N) is 1. The maximum Gasteiger partial charge on any atom is 0.306 e. The van der Waals surface area contributed by atoms with Crippen molar-refractivity contribution < 1.29 is 42.1 Å². The van der Waals surface area contributed by atoms with Gasteiger partial charge in [-0.05, 0) is 89.9 Å². The fourth-order valence-electron chi connectivity index (χ4n) is 10.4. The van der Waals surface area contributed by atoms with Crippen LogP contribution in [-0.4, -0.2) is 70.0 Å². The highest BCUT2D eigenvalue weighted by Gasteiger charge is 2.22. The Hall–Kier alpha value is -2.81. The van der Waals surface area contributed by atoms with E-state index in [9.17, 15) is 19.0 Å². The monoisotopic (exact) mass is 1220 g/mol. The van der Waals surface area contributed by atoms with Gasteiger partial charge in [-0.1, -0.05) is 317 Å². The van der Waals surface area contributed by atoms with E-state index in [0.717, 1.165) is 77.0 Å².